The van der Waals surface area contributed by atoms with Gasteiger partial charge in [0.15, 0.2) is 0 Å². The van der Waals surface area contributed by atoms with Crippen LogP contribution >= 0.6 is 0 Å². The number of carbonyl (C=O) groups excluding carboxylic acids is 1. The number of hydrogen-bond acceptors (Lipinski definition) is 2. The van der Waals surface area contributed by atoms with Crippen molar-refractivity contribution in [2.45, 2.75) is 26.4 Å². The Kier molecular flexibility index (Phi) is 5.64. The van der Waals surface area contributed by atoms with Crippen LogP contribution in [0.1, 0.15) is 29.6 Å². The number of rotatable bonds is 7. The quantitative estimate of drug-likeness (QED) is 0.664. The van der Waals surface area contributed by atoms with Crippen LogP contribution in [0.2, 0.25) is 0 Å². The number of amides is 1. The Balaban J connectivity index is 1.86. The van der Waals surface area contributed by atoms with E-state index in [0.29, 0.717) is 12.1 Å². The van der Waals surface area contributed by atoms with E-state index in [9.17, 15) is 4.79 Å². The van der Waals surface area contributed by atoms with E-state index in [0.717, 1.165) is 24.5 Å². The first-order chi connectivity index (χ1) is 12.6. The van der Waals surface area contributed by atoms with Crippen molar-refractivity contribution in [3.63, 3.8) is 0 Å². The Morgan fingerprint density at radius 3 is 2.27 bits per heavy atom. The van der Waals surface area contributed by atoms with Gasteiger partial charge in [0, 0.05) is 30.4 Å². The third-order valence-electron chi connectivity index (χ3n) is 4.23. The zero-order chi connectivity index (χ0) is 18.4. The van der Waals surface area contributed by atoms with E-state index in [4.69, 9.17) is 0 Å². The Labute approximate surface area is 154 Å². The van der Waals surface area contributed by atoms with Gasteiger partial charge in [-0.3, -0.25) is 4.79 Å². The molecule has 0 saturated heterocycles. The standard InChI is InChI=1S/C22H23N3O/c1-17(2)22(26)24-15-21-23-14-20(13-18-9-5-3-6-10-18)25(21)16-19-11-7-4-8-12-19/h3-12,14H,1,13,15-16H2,2H3,(H,24,26). The number of hydrogen-bond donors (Lipinski definition) is 1. The summed E-state index contributed by atoms with van der Waals surface area (Å²) >= 11 is 0. The maximum absolute atomic E-state index is 11.8. The van der Waals surface area contributed by atoms with Crippen LogP contribution in [0.5, 0.6) is 0 Å². The fourth-order valence-electron chi connectivity index (χ4n) is 2.81. The summed E-state index contributed by atoms with van der Waals surface area (Å²) in [6.45, 7) is 6.49. The Morgan fingerprint density at radius 2 is 1.65 bits per heavy atom. The molecule has 0 aliphatic heterocycles. The number of nitrogens with one attached hydrogen (secondary N) is 1. The van der Waals surface area contributed by atoms with Crippen molar-refractivity contribution in [3.05, 3.63) is 102 Å². The van der Waals surface area contributed by atoms with Crippen molar-refractivity contribution in [2.24, 2.45) is 0 Å². The Hall–Kier alpha value is -3.14. The van der Waals surface area contributed by atoms with Crippen molar-refractivity contribution in [3.8, 4) is 0 Å². The lowest BCUT2D eigenvalue weighted by Gasteiger charge is -2.13. The van der Waals surface area contributed by atoms with Crippen molar-refractivity contribution >= 4 is 5.91 Å². The molecule has 4 heteroatoms. The van der Waals surface area contributed by atoms with Gasteiger partial charge in [-0.05, 0) is 18.1 Å². The summed E-state index contributed by atoms with van der Waals surface area (Å²) in [5.74, 6) is 0.693. The highest BCUT2D eigenvalue weighted by Crippen LogP contribution is 2.15. The molecule has 0 aliphatic rings. The first kappa shape index (κ1) is 17.7. The molecular formula is C22H23N3O. The highest BCUT2D eigenvalue weighted by atomic mass is 16.1. The maximum Gasteiger partial charge on any atom is 0.246 e. The monoisotopic (exact) mass is 345 g/mol. The molecule has 0 aliphatic carbocycles. The van der Waals surface area contributed by atoms with Gasteiger partial charge in [0.05, 0.1) is 6.54 Å². The summed E-state index contributed by atoms with van der Waals surface area (Å²) in [5, 5.41) is 2.88. The molecule has 0 saturated carbocycles. The summed E-state index contributed by atoms with van der Waals surface area (Å²) in [7, 11) is 0. The van der Waals surface area contributed by atoms with Crippen molar-refractivity contribution < 1.29 is 4.79 Å². The lowest BCUT2D eigenvalue weighted by Crippen LogP contribution is -2.25. The molecule has 0 unspecified atom stereocenters. The molecule has 0 fully saturated rings. The second kappa shape index (κ2) is 8.30. The fourth-order valence-corrected chi connectivity index (χ4v) is 2.81. The van der Waals surface area contributed by atoms with Crippen LogP contribution in [0, 0.1) is 0 Å². The Morgan fingerprint density at radius 1 is 1.04 bits per heavy atom. The van der Waals surface area contributed by atoms with Gasteiger partial charge in [-0.1, -0.05) is 67.2 Å². The molecule has 3 aromatic rings. The summed E-state index contributed by atoms with van der Waals surface area (Å²) in [6, 6.07) is 20.6. The van der Waals surface area contributed by atoms with E-state index in [1.165, 1.54) is 11.1 Å². The van der Waals surface area contributed by atoms with E-state index in [-0.39, 0.29) is 5.91 Å². The first-order valence-corrected chi connectivity index (χ1v) is 8.68. The van der Waals surface area contributed by atoms with Gasteiger partial charge in [-0.2, -0.15) is 0 Å². The van der Waals surface area contributed by atoms with Gasteiger partial charge in [0.25, 0.3) is 0 Å². The first-order valence-electron chi connectivity index (χ1n) is 8.68. The maximum atomic E-state index is 11.8. The van der Waals surface area contributed by atoms with Gasteiger partial charge in [0.2, 0.25) is 5.91 Å². The van der Waals surface area contributed by atoms with Gasteiger partial charge in [-0.25, -0.2) is 4.98 Å². The number of benzene rings is 2. The summed E-state index contributed by atoms with van der Waals surface area (Å²) in [6.07, 6.45) is 2.70. The lowest BCUT2D eigenvalue weighted by molar-refractivity contribution is -0.117. The minimum absolute atomic E-state index is 0.149. The number of nitrogens with zero attached hydrogens (tertiary/aromatic N) is 2. The normalized spacial score (nSPS) is 10.5. The molecule has 1 aromatic heterocycles. The predicted molar refractivity (Wildman–Crippen MR) is 104 cm³/mol. The second-order valence-corrected chi connectivity index (χ2v) is 6.36. The molecule has 3 rings (SSSR count). The molecule has 1 amide bonds. The molecule has 26 heavy (non-hydrogen) atoms. The van der Waals surface area contributed by atoms with Gasteiger partial charge < -0.3 is 9.88 Å². The molecular weight excluding hydrogens is 322 g/mol. The third-order valence-corrected chi connectivity index (χ3v) is 4.23. The van der Waals surface area contributed by atoms with Crippen molar-refractivity contribution in [2.75, 3.05) is 0 Å². The topological polar surface area (TPSA) is 46.9 Å². The van der Waals surface area contributed by atoms with Crippen LogP contribution in [0.4, 0.5) is 0 Å². The largest absolute Gasteiger partial charge is 0.345 e. The minimum atomic E-state index is -0.149. The molecule has 2 aromatic carbocycles. The Bertz CT molecular complexity index is 882. The second-order valence-electron chi connectivity index (χ2n) is 6.36. The summed E-state index contributed by atoms with van der Waals surface area (Å²) in [4.78, 5) is 16.4. The fraction of sp³-hybridized carbons (Fsp3) is 0.182. The number of aromatic nitrogens is 2. The van der Waals surface area contributed by atoms with E-state index in [1.807, 2.05) is 42.6 Å². The molecule has 132 valence electrons. The highest BCUT2D eigenvalue weighted by molar-refractivity contribution is 5.91. The average molecular weight is 345 g/mol. The van der Waals surface area contributed by atoms with Gasteiger partial charge in [0.1, 0.15) is 5.82 Å². The zero-order valence-electron chi connectivity index (χ0n) is 15.0. The van der Waals surface area contributed by atoms with Gasteiger partial charge >= 0.3 is 0 Å². The molecule has 0 bridgehead atoms. The van der Waals surface area contributed by atoms with Crippen molar-refractivity contribution in [1.82, 2.24) is 14.9 Å². The molecule has 4 nitrogen and oxygen atoms in total. The van der Waals surface area contributed by atoms with Gasteiger partial charge in [-0.15, -0.1) is 0 Å². The molecule has 0 radical (unpaired) electrons. The number of carbonyl (C=O) groups is 1. The van der Waals surface area contributed by atoms with Crippen LogP contribution in [-0.2, 0) is 24.3 Å². The van der Waals surface area contributed by atoms with Crippen LogP contribution in [0.3, 0.4) is 0 Å². The molecule has 1 heterocycles. The van der Waals surface area contributed by atoms with E-state index >= 15 is 0 Å². The molecule has 1 N–H and O–H groups in total. The predicted octanol–water partition coefficient (Wildman–Crippen LogP) is 3.71. The van der Waals surface area contributed by atoms with Crippen LogP contribution in [0.15, 0.2) is 79.0 Å². The van der Waals surface area contributed by atoms with E-state index in [1.54, 1.807) is 6.92 Å². The number of imidazole rings is 1. The zero-order valence-corrected chi connectivity index (χ0v) is 15.0. The molecule has 0 spiro atoms. The smallest absolute Gasteiger partial charge is 0.246 e. The van der Waals surface area contributed by atoms with Crippen LogP contribution in [-0.4, -0.2) is 15.5 Å². The van der Waals surface area contributed by atoms with E-state index in [2.05, 4.69) is 45.7 Å². The van der Waals surface area contributed by atoms with Crippen molar-refractivity contribution in [1.29, 1.82) is 0 Å². The minimum Gasteiger partial charge on any atom is -0.345 e. The highest BCUT2D eigenvalue weighted by Gasteiger charge is 2.12. The van der Waals surface area contributed by atoms with Crippen LogP contribution < -0.4 is 5.32 Å². The summed E-state index contributed by atoms with van der Waals surface area (Å²) in [5.41, 5.74) is 4.06. The average Bonchev–Trinajstić information content (AvgIpc) is 3.03. The lowest BCUT2D eigenvalue weighted by atomic mass is 10.1. The molecule has 0 atom stereocenters. The SMILES string of the molecule is C=C(C)C(=O)NCc1ncc(Cc2ccccc2)n1Cc1ccccc1. The van der Waals surface area contributed by atoms with E-state index < -0.39 is 0 Å². The van der Waals surface area contributed by atoms with Crippen LogP contribution in [0.25, 0.3) is 0 Å². The summed E-state index contributed by atoms with van der Waals surface area (Å²) < 4.78 is 2.18. The third kappa shape index (κ3) is 4.48.